The number of aryl methyl sites for hydroxylation is 5. The Bertz CT molecular complexity index is 3980. The van der Waals surface area contributed by atoms with Crippen molar-refractivity contribution in [2.24, 2.45) is 0 Å². The van der Waals surface area contributed by atoms with E-state index in [1.54, 1.807) is 0 Å². The fourth-order valence-electron chi connectivity index (χ4n) is 16.7. The van der Waals surface area contributed by atoms with E-state index >= 15 is 0 Å². The molecule has 16 rings (SSSR count). The second-order valence-electron chi connectivity index (χ2n) is 27.0. The van der Waals surface area contributed by atoms with Crippen molar-refractivity contribution in [3.05, 3.63) is 158 Å². The minimum atomic E-state index is -5.84. The number of imidazole rings is 5. The Morgan fingerprint density at radius 1 is 0.416 bits per heavy atom. The fraction of sp³-hybridized carbons (Fsp3) is 0.526. The molecule has 544 valence electrons. The standard InChI is InChI=1S/2C28H36N6.C10H11ClN2.C8H16N2.CHF3O3S.CH3.Mn/c2*1-3-33-23-13-7-5-11-21(23)29-27(33)19-31-17-9-15-25(31)26-16-10-18-32(26)20-28-30-22-12-6-8-14-24(22)34(28)4-2;1-2-13-9-6-4-3-5-8(9)12-10(13)7-11;1-3-7(9-5-1)8-4-2-6-10-8;2-1(3,4)8(5,6)7;;/h2*5-8,11-14,25-26H,3-4,9-10,15-20H2,1-2H3;3-6H,2,7H2,1H3;7-10H,1-6H2;(H,5,6,7);1H3;/q;;;;;-1;+3/t2*25-,26-;;7-,8-;;;/m11.1.../s1. The van der Waals surface area contributed by atoms with Crippen LogP contribution in [0, 0.1) is 7.43 Å². The van der Waals surface area contributed by atoms with Crippen LogP contribution in [0.5, 0.6) is 0 Å². The van der Waals surface area contributed by atoms with Crippen LogP contribution in [0.1, 0.15) is 141 Å². The van der Waals surface area contributed by atoms with Gasteiger partial charge in [0.05, 0.1) is 87.2 Å². The molecule has 25 heteroatoms. The van der Waals surface area contributed by atoms with Crippen molar-refractivity contribution in [3.8, 4) is 0 Å². The zero-order valence-electron chi connectivity index (χ0n) is 59.6. The molecule has 0 aliphatic carbocycles. The van der Waals surface area contributed by atoms with Crippen molar-refractivity contribution in [1.82, 2.24) is 78.0 Å². The molecule has 6 fully saturated rings. The number of fused-ring (bicyclic) bond motifs is 5. The molecule has 0 unspecified atom stereocenters. The molecule has 0 saturated carbocycles. The number of rotatable bonds is 17. The van der Waals surface area contributed by atoms with Crippen LogP contribution in [-0.2, 0) is 92.0 Å². The summed E-state index contributed by atoms with van der Waals surface area (Å²) < 4.78 is 69.3. The molecule has 5 aromatic carbocycles. The van der Waals surface area contributed by atoms with E-state index in [0.717, 1.165) is 104 Å². The Balaban J connectivity index is 0.000000152. The number of hydrogen-bond donors (Lipinski definition) is 3. The maximum absolute atomic E-state index is 10.7. The van der Waals surface area contributed by atoms with Crippen LogP contribution in [0.2, 0.25) is 0 Å². The maximum Gasteiger partial charge on any atom is 3.00 e. The summed E-state index contributed by atoms with van der Waals surface area (Å²) >= 11 is 5.80. The minimum Gasteiger partial charge on any atom is -0.358 e. The van der Waals surface area contributed by atoms with E-state index in [-0.39, 0.29) is 24.5 Å². The zero-order chi connectivity index (χ0) is 69.2. The van der Waals surface area contributed by atoms with Gasteiger partial charge in [-0.15, -0.1) is 11.6 Å². The molecule has 19 nitrogen and oxygen atoms in total. The van der Waals surface area contributed by atoms with Gasteiger partial charge >= 0.3 is 32.7 Å². The smallest absolute Gasteiger partial charge is 0.358 e. The van der Waals surface area contributed by atoms with Gasteiger partial charge in [-0.05, 0) is 212 Å². The molecule has 0 spiro atoms. The summed E-state index contributed by atoms with van der Waals surface area (Å²) in [5.41, 5.74) is 6.19. The van der Waals surface area contributed by atoms with E-state index in [0.29, 0.717) is 30.0 Å². The van der Waals surface area contributed by atoms with Crippen LogP contribution in [0.15, 0.2) is 121 Å². The average Bonchev–Trinajstić information content (AvgIpc) is 1.62. The summed E-state index contributed by atoms with van der Waals surface area (Å²) in [6.07, 6.45) is 15.8. The van der Waals surface area contributed by atoms with E-state index in [4.69, 9.17) is 44.5 Å². The quantitative estimate of drug-likeness (QED) is 0.0258. The maximum atomic E-state index is 10.7. The summed E-state index contributed by atoms with van der Waals surface area (Å²) in [6.45, 7) is 26.8. The largest absolute Gasteiger partial charge is 3.00 e. The minimum absolute atomic E-state index is 0. The number of para-hydroxylation sites is 10. The molecule has 11 heterocycles. The number of hydrogen-bond acceptors (Lipinski definition) is 13. The third-order valence-electron chi connectivity index (χ3n) is 21.3. The van der Waals surface area contributed by atoms with E-state index in [1.165, 1.54) is 167 Å². The summed E-state index contributed by atoms with van der Waals surface area (Å²) in [5.74, 6) is 6.29. The zero-order valence-corrected chi connectivity index (χ0v) is 62.4. The Hall–Kier alpha value is -6.28. The summed E-state index contributed by atoms with van der Waals surface area (Å²) in [7, 11) is -5.84. The van der Waals surface area contributed by atoms with Gasteiger partial charge in [-0.2, -0.15) is 21.6 Å². The van der Waals surface area contributed by atoms with Crippen molar-refractivity contribution in [1.29, 1.82) is 0 Å². The van der Waals surface area contributed by atoms with Crippen LogP contribution in [0.3, 0.4) is 0 Å². The van der Waals surface area contributed by atoms with Gasteiger partial charge in [-0.3, -0.25) is 24.2 Å². The molecule has 6 saturated heterocycles. The topological polar surface area (TPSA) is 180 Å². The average molecular weight is 1470 g/mol. The molecule has 3 N–H and O–H groups in total. The molecule has 101 heavy (non-hydrogen) atoms. The van der Waals surface area contributed by atoms with Crippen molar-refractivity contribution >= 4 is 76.9 Å². The van der Waals surface area contributed by atoms with Gasteiger partial charge in [0, 0.05) is 69.0 Å². The predicted octanol–water partition coefficient (Wildman–Crippen LogP) is 14.2. The molecule has 5 aromatic heterocycles. The van der Waals surface area contributed by atoms with Gasteiger partial charge in [-0.25, -0.2) is 24.9 Å². The number of nitrogens with one attached hydrogen (secondary N) is 2. The van der Waals surface area contributed by atoms with Crippen molar-refractivity contribution in [2.75, 3.05) is 39.3 Å². The second-order valence-corrected chi connectivity index (χ2v) is 28.7. The van der Waals surface area contributed by atoms with E-state index in [1.807, 2.05) is 18.2 Å². The van der Waals surface area contributed by atoms with Crippen molar-refractivity contribution in [2.45, 2.75) is 218 Å². The number of nitrogens with zero attached hydrogens (tertiary/aromatic N) is 14. The first-order valence-electron chi connectivity index (χ1n) is 36.3. The van der Waals surface area contributed by atoms with Gasteiger partial charge in [0.25, 0.3) is 0 Å². The Morgan fingerprint density at radius 2 is 0.644 bits per heavy atom. The molecule has 0 amide bonds. The first kappa shape index (κ1) is 77.3. The van der Waals surface area contributed by atoms with Gasteiger partial charge < -0.3 is 40.9 Å². The van der Waals surface area contributed by atoms with E-state index in [9.17, 15) is 13.2 Å². The van der Waals surface area contributed by atoms with Crippen LogP contribution in [-0.4, -0.2) is 161 Å². The normalized spacial score (nSPS) is 21.3. The molecule has 0 bridgehead atoms. The van der Waals surface area contributed by atoms with Crippen LogP contribution < -0.4 is 10.6 Å². The third kappa shape index (κ3) is 17.6. The van der Waals surface area contributed by atoms with Gasteiger partial charge in [0.2, 0.25) is 0 Å². The van der Waals surface area contributed by atoms with Crippen LogP contribution in [0.4, 0.5) is 13.2 Å². The molecule has 10 aromatic rings. The Morgan fingerprint density at radius 3 is 0.851 bits per heavy atom. The Kier molecular flexibility index (Phi) is 27.2. The first-order chi connectivity index (χ1) is 48.1. The monoisotopic (exact) mass is 1470 g/mol. The summed E-state index contributed by atoms with van der Waals surface area (Å²) in [4.78, 5) is 35.5. The van der Waals surface area contributed by atoms with Crippen molar-refractivity contribution < 1.29 is 43.2 Å². The second kappa shape index (κ2) is 35.5. The van der Waals surface area contributed by atoms with Gasteiger partial charge in [-0.1, -0.05) is 60.7 Å². The van der Waals surface area contributed by atoms with Crippen molar-refractivity contribution in [3.63, 3.8) is 0 Å². The number of likely N-dealkylation sites (tertiary alicyclic amines) is 4. The fourth-order valence-corrected chi connectivity index (χ4v) is 17.0. The van der Waals surface area contributed by atoms with Crippen LogP contribution in [0.25, 0.3) is 55.2 Å². The molecular formula is C76H103ClF3MnN16O3S+2. The number of halogens is 4. The number of aromatic nitrogens is 10. The SMILES string of the molecule is C1CN[C@@H]([C@H]2CCCN2)C1.CCn1c(CCl)nc2ccccc21.CCn1c(CN2CCC[C@@H]2[C@H]2CCCN2Cc2nc3ccccc3n2CC)nc2ccccc21.CCn1c(CN2CCC[C@@H]2[C@H]2CCCN2Cc2nc3ccccc3n2CC)nc2ccccc21.O=S(=O)(O)C(F)(F)F.[CH3-].[Mn+3]. The first-order valence-corrected chi connectivity index (χ1v) is 38.3. The molecular weight excluding hydrogens is 1360 g/mol. The molecule has 0 radical (unpaired) electrons. The molecule has 6 aliphatic heterocycles. The third-order valence-corrected chi connectivity index (χ3v) is 22.1. The molecule has 6 atom stereocenters. The predicted molar refractivity (Wildman–Crippen MR) is 396 cm³/mol. The summed E-state index contributed by atoms with van der Waals surface area (Å²) in [5, 5.41) is 7.07. The van der Waals surface area contributed by atoms with E-state index < -0.39 is 15.6 Å². The summed E-state index contributed by atoms with van der Waals surface area (Å²) in [6, 6.07) is 46.4. The van der Waals surface area contributed by atoms with E-state index in [2.05, 4.69) is 196 Å². The number of benzene rings is 5. The van der Waals surface area contributed by atoms with Crippen LogP contribution >= 0.6 is 11.6 Å². The molecule has 6 aliphatic rings. The number of alkyl halides is 4. The Labute approximate surface area is 609 Å². The van der Waals surface area contributed by atoms with Gasteiger partial charge in [0.15, 0.2) is 0 Å². The van der Waals surface area contributed by atoms with Gasteiger partial charge in [0.1, 0.15) is 29.1 Å².